The van der Waals surface area contributed by atoms with Gasteiger partial charge in [0.1, 0.15) is 0 Å². The van der Waals surface area contributed by atoms with Gasteiger partial charge in [-0.05, 0) is 30.8 Å². The lowest BCUT2D eigenvalue weighted by Gasteiger charge is -2.22. The second kappa shape index (κ2) is 4.91. The van der Waals surface area contributed by atoms with Gasteiger partial charge in [0.05, 0.1) is 6.61 Å². The molecule has 0 bridgehead atoms. The molecule has 1 aliphatic heterocycles. The molecule has 1 aliphatic rings. The van der Waals surface area contributed by atoms with Crippen molar-refractivity contribution in [2.75, 3.05) is 26.8 Å². The molecule has 14 heavy (non-hydrogen) atoms. The first-order chi connectivity index (χ1) is 6.92. The van der Waals surface area contributed by atoms with Crippen LogP contribution in [0.25, 0.3) is 0 Å². The standard InChI is InChI=1S/C11H17NOS/c1-13-8-7-12-6-2-4-10(12)11-5-3-9-14-11/h3,5,9-10H,2,4,6-8H2,1H3. The summed E-state index contributed by atoms with van der Waals surface area (Å²) in [7, 11) is 1.77. The fraction of sp³-hybridized carbons (Fsp3) is 0.636. The van der Waals surface area contributed by atoms with Crippen molar-refractivity contribution in [2.24, 2.45) is 0 Å². The summed E-state index contributed by atoms with van der Waals surface area (Å²) in [6.07, 6.45) is 2.64. The van der Waals surface area contributed by atoms with Crippen LogP contribution in [-0.4, -0.2) is 31.7 Å². The van der Waals surface area contributed by atoms with Gasteiger partial charge in [-0.15, -0.1) is 11.3 Å². The van der Waals surface area contributed by atoms with Gasteiger partial charge in [0.15, 0.2) is 0 Å². The van der Waals surface area contributed by atoms with Crippen molar-refractivity contribution < 1.29 is 4.74 Å². The van der Waals surface area contributed by atoms with Crippen LogP contribution in [0.5, 0.6) is 0 Å². The third-order valence-electron chi connectivity index (χ3n) is 2.82. The van der Waals surface area contributed by atoms with Gasteiger partial charge in [-0.2, -0.15) is 0 Å². The fourth-order valence-electron chi connectivity index (χ4n) is 2.11. The Morgan fingerprint density at radius 2 is 2.57 bits per heavy atom. The number of hydrogen-bond donors (Lipinski definition) is 0. The second-order valence-corrected chi connectivity index (χ2v) is 4.68. The molecule has 1 aromatic heterocycles. The number of hydrogen-bond acceptors (Lipinski definition) is 3. The Balaban J connectivity index is 1.97. The molecule has 2 nitrogen and oxygen atoms in total. The highest BCUT2D eigenvalue weighted by atomic mass is 32.1. The molecule has 1 atom stereocenters. The van der Waals surface area contributed by atoms with E-state index in [1.54, 1.807) is 7.11 Å². The Hall–Kier alpha value is -0.380. The van der Waals surface area contributed by atoms with Crippen molar-refractivity contribution in [3.8, 4) is 0 Å². The maximum atomic E-state index is 5.13. The molecule has 1 aromatic rings. The van der Waals surface area contributed by atoms with Crippen LogP contribution >= 0.6 is 11.3 Å². The highest BCUT2D eigenvalue weighted by Gasteiger charge is 2.25. The molecular weight excluding hydrogens is 194 g/mol. The van der Waals surface area contributed by atoms with Crippen LogP contribution in [0.3, 0.4) is 0 Å². The van der Waals surface area contributed by atoms with E-state index in [4.69, 9.17) is 4.74 Å². The van der Waals surface area contributed by atoms with Crippen LogP contribution in [-0.2, 0) is 4.74 Å². The maximum absolute atomic E-state index is 5.13. The normalized spacial score (nSPS) is 23.1. The molecule has 2 heterocycles. The van der Waals surface area contributed by atoms with Gasteiger partial charge in [-0.25, -0.2) is 0 Å². The lowest BCUT2D eigenvalue weighted by molar-refractivity contribution is 0.142. The van der Waals surface area contributed by atoms with E-state index < -0.39 is 0 Å². The Bertz CT molecular complexity index is 260. The molecule has 3 heteroatoms. The van der Waals surface area contributed by atoms with Crippen LogP contribution in [0.2, 0.25) is 0 Å². The molecule has 0 spiro atoms. The number of ether oxygens (including phenoxy) is 1. The van der Waals surface area contributed by atoms with Crippen LogP contribution < -0.4 is 0 Å². The molecular formula is C11H17NOS. The summed E-state index contributed by atoms with van der Waals surface area (Å²) in [4.78, 5) is 4.05. The third-order valence-corrected chi connectivity index (χ3v) is 3.79. The Morgan fingerprint density at radius 3 is 3.29 bits per heavy atom. The molecule has 0 N–H and O–H groups in total. The first kappa shape index (κ1) is 10.1. The second-order valence-electron chi connectivity index (χ2n) is 3.70. The average Bonchev–Trinajstić information content (AvgIpc) is 2.84. The molecule has 78 valence electrons. The van der Waals surface area contributed by atoms with Gasteiger partial charge in [-0.1, -0.05) is 6.07 Å². The summed E-state index contributed by atoms with van der Waals surface area (Å²) in [6, 6.07) is 5.05. The number of nitrogens with zero attached hydrogens (tertiary/aromatic N) is 1. The molecule has 2 rings (SSSR count). The molecule has 0 saturated carbocycles. The number of thiophene rings is 1. The summed E-state index contributed by atoms with van der Waals surface area (Å²) in [5.41, 5.74) is 0. The minimum atomic E-state index is 0.658. The van der Waals surface area contributed by atoms with Crippen LogP contribution in [0, 0.1) is 0 Å². The summed E-state index contributed by atoms with van der Waals surface area (Å²) in [5, 5.41) is 2.17. The zero-order chi connectivity index (χ0) is 9.80. The molecule has 0 radical (unpaired) electrons. The Labute approximate surface area is 89.5 Å². The first-order valence-electron chi connectivity index (χ1n) is 5.18. The highest BCUT2D eigenvalue weighted by Crippen LogP contribution is 2.33. The maximum Gasteiger partial charge on any atom is 0.0589 e. The predicted octanol–water partition coefficient (Wildman–Crippen LogP) is 2.53. The first-order valence-corrected chi connectivity index (χ1v) is 6.06. The molecule has 0 aliphatic carbocycles. The largest absolute Gasteiger partial charge is 0.383 e. The number of likely N-dealkylation sites (tertiary alicyclic amines) is 1. The summed E-state index contributed by atoms with van der Waals surface area (Å²) in [6.45, 7) is 3.15. The molecule has 0 amide bonds. The van der Waals surface area contributed by atoms with E-state index in [0.717, 1.165) is 13.2 Å². The summed E-state index contributed by atoms with van der Waals surface area (Å²) >= 11 is 1.87. The molecule has 1 fully saturated rings. The predicted molar refractivity (Wildman–Crippen MR) is 59.7 cm³/mol. The Morgan fingerprint density at radius 1 is 1.64 bits per heavy atom. The van der Waals surface area contributed by atoms with E-state index in [1.807, 2.05) is 11.3 Å². The number of methoxy groups -OCH3 is 1. The number of rotatable bonds is 4. The van der Waals surface area contributed by atoms with Crippen LogP contribution in [0.1, 0.15) is 23.8 Å². The topological polar surface area (TPSA) is 12.5 Å². The zero-order valence-corrected chi connectivity index (χ0v) is 9.43. The van der Waals surface area contributed by atoms with Gasteiger partial charge in [-0.3, -0.25) is 4.90 Å². The lowest BCUT2D eigenvalue weighted by atomic mass is 10.2. The Kier molecular flexibility index (Phi) is 3.56. The van der Waals surface area contributed by atoms with Gasteiger partial charge in [0.2, 0.25) is 0 Å². The van der Waals surface area contributed by atoms with Crippen LogP contribution in [0.15, 0.2) is 17.5 Å². The van der Waals surface area contributed by atoms with Crippen molar-refractivity contribution in [2.45, 2.75) is 18.9 Å². The summed E-state index contributed by atoms with van der Waals surface area (Å²) < 4.78 is 5.13. The highest BCUT2D eigenvalue weighted by molar-refractivity contribution is 7.10. The smallest absolute Gasteiger partial charge is 0.0589 e. The third kappa shape index (κ3) is 2.16. The van der Waals surface area contributed by atoms with Crippen molar-refractivity contribution in [3.05, 3.63) is 22.4 Å². The van der Waals surface area contributed by atoms with Gasteiger partial charge >= 0.3 is 0 Å². The summed E-state index contributed by atoms with van der Waals surface area (Å²) in [5.74, 6) is 0. The van der Waals surface area contributed by atoms with E-state index in [-0.39, 0.29) is 0 Å². The minimum Gasteiger partial charge on any atom is -0.383 e. The quantitative estimate of drug-likeness (QED) is 0.759. The van der Waals surface area contributed by atoms with Crippen molar-refractivity contribution >= 4 is 11.3 Å². The van der Waals surface area contributed by atoms with E-state index in [1.165, 1.54) is 24.3 Å². The SMILES string of the molecule is COCCN1CCCC1c1cccs1. The fourth-order valence-corrected chi connectivity index (χ4v) is 3.00. The zero-order valence-electron chi connectivity index (χ0n) is 8.61. The van der Waals surface area contributed by atoms with Gasteiger partial charge < -0.3 is 4.74 Å². The van der Waals surface area contributed by atoms with Crippen molar-refractivity contribution in [1.29, 1.82) is 0 Å². The lowest BCUT2D eigenvalue weighted by Crippen LogP contribution is -2.26. The van der Waals surface area contributed by atoms with Crippen molar-refractivity contribution in [1.82, 2.24) is 4.90 Å². The van der Waals surface area contributed by atoms with E-state index in [9.17, 15) is 0 Å². The van der Waals surface area contributed by atoms with E-state index >= 15 is 0 Å². The van der Waals surface area contributed by atoms with Crippen molar-refractivity contribution in [3.63, 3.8) is 0 Å². The monoisotopic (exact) mass is 211 g/mol. The minimum absolute atomic E-state index is 0.658. The van der Waals surface area contributed by atoms with E-state index in [0.29, 0.717) is 6.04 Å². The van der Waals surface area contributed by atoms with Crippen LogP contribution in [0.4, 0.5) is 0 Å². The molecule has 1 saturated heterocycles. The van der Waals surface area contributed by atoms with Gasteiger partial charge in [0.25, 0.3) is 0 Å². The van der Waals surface area contributed by atoms with E-state index in [2.05, 4.69) is 22.4 Å². The van der Waals surface area contributed by atoms with Gasteiger partial charge in [0, 0.05) is 24.6 Å². The average molecular weight is 211 g/mol. The molecule has 0 aromatic carbocycles. The molecule has 1 unspecified atom stereocenters.